The van der Waals surface area contributed by atoms with Gasteiger partial charge in [-0.3, -0.25) is 0 Å². The summed E-state index contributed by atoms with van der Waals surface area (Å²) in [6.45, 7) is 3.16. The number of nitrogens with zero attached hydrogens (tertiary/aromatic N) is 2. The van der Waals surface area contributed by atoms with E-state index in [0.717, 1.165) is 50.1 Å². The van der Waals surface area contributed by atoms with E-state index in [4.69, 9.17) is 4.42 Å². The first-order valence-electron chi connectivity index (χ1n) is 7.90. The molecule has 1 aromatic heterocycles. The first-order chi connectivity index (χ1) is 10.3. The van der Waals surface area contributed by atoms with Crippen LogP contribution in [0.15, 0.2) is 28.7 Å². The molecule has 112 valence electrons. The second-order valence-electron chi connectivity index (χ2n) is 5.91. The van der Waals surface area contributed by atoms with Crippen LogP contribution in [0.4, 0.5) is 0 Å². The number of aromatic nitrogens is 2. The predicted octanol–water partition coefficient (Wildman–Crippen LogP) is 2.85. The van der Waals surface area contributed by atoms with Crippen LogP contribution in [-0.4, -0.2) is 22.8 Å². The van der Waals surface area contributed by atoms with Crippen LogP contribution in [0.5, 0.6) is 0 Å². The quantitative estimate of drug-likeness (QED) is 0.758. The predicted molar refractivity (Wildman–Crippen MR) is 82.2 cm³/mol. The Balaban J connectivity index is 1.41. The van der Waals surface area contributed by atoms with Gasteiger partial charge >= 0.3 is 0 Å². The summed E-state index contributed by atoms with van der Waals surface area (Å²) in [7, 11) is 0. The second kappa shape index (κ2) is 6.85. The molecular weight excluding hydrogens is 262 g/mol. The molecule has 0 bridgehead atoms. The van der Waals surface area contributed by atoms with Gasteiger partial charge < -0.3 is 9.73 Å². The van der Waals surface area contributed by atoms with Gasteiger partial charge in [0.05, 0.1) is 0 Å². The van der Waals surface area contributed by atoms with Crippen molar-refractivity contribution < 1.29 is 4.42 Å². The van der Waals surface area contributed by atoms with Crippen LogP contribution in [0.1, 0.15) is 42.2 Å². The number of hydrogen-bond acceptors (Lipinski definition) is 4. The van der Waals surface area contributed by atoms with Crippen molar-refractivity contribution in [1.29, 1.82) is 0 Å². The van der Waals surface area contributed by atoms with E-state index in [1.807, 2.05) is 0 Å². The van der Waals surface area contributed by atoms with Crippen molar-refractivity contribution in [2.75, 3.05) is 6.54 Å². The lowest BCUT2D eigenvalue weighted by Gasteiger charge is -2.00. The van der Waals surface area contributed by atoms with Crippen LogP contribution in [0, 0.1) is 6.92 Å². The van der Waals surface area contributed by atoms with Gasteiger partial charge in [-0.25, -0.2) is 0 Å². The maximum atomic E-state index is 5.71. The van der Waals surface area contributed by atoms with Gasteiger partial charge in [-0.2, -0.15) is 0 Å². The molecule has 2 aromatic rings. The molecule has 0 saturated heterocycles. The van der Waals surface area contributed by atoms with Gasteiger partial charge in [0, 0.05) is 18.9 Å². The van der Waals surface area contributed by atoms with E-state index in [-0.39, 0.29) is 0 Å². The Bertz CT molecular complexity index is 575. The van der Waals surface area contributed by atoms with Crippen LogP contribution in [0.25, 0.3) is 0 Å². The van der Waals surface area contributed by atoms with E-state index in [2.05, 4.69) is 46.7 Å². The highest BCUT2D eigenvalue weighted by Gasteiger charge is 2.19. The Kier molecular flexibility index (Phi) is 4.65. The maximum Gasteiger partial charge on any atom is 0.216 e. The molecule has 0 radical (unpaired) electrons. The van der Waals surface area contributed by atoms with E-state index < -0.39 is 0 Å². The fourth-order valence-corrected chi connectivity index (χ4v) is 2.44. The molecule has 1 saturated carbocycles. The highest BCUT2D eigenvalue weighted by molar-refractivity contribution is 5.22. The lowest BCUT2D eigenvalue weighted by Crippen LogP contribution is -2.17. The molecule has 1 N–H and O–H groups in total. The second-order valence-corrected chi connectivity index (χ2v) is 5.91. The third kappa shape index (κ3) is 4.67. The SMILES string of the molecule is Cc1cccc(CCc2nnc(CCCNC3CC3)o2)c1. The first kappa shape index (κ1) is 14.3. The summed E-state index contributed by atoms with van der Waals surface area (Å²) in [4.78, 5) is 0. The largest absolute Gasteiger partial charge is 0.425 e. The van der Waals surface area contributed by atoms with E-state index in [1.165, 1.54) is 24.0 Å². The summed E-state index contributed by atoms with van der Waals surface area (Å²) in [6.07, 6.45) is 6.38. The van der Waals surface area contributed by atoms with Gasteiger partial charge in [0.2, 0.25) is 11.8 Å². The van der Waals surface area contributed by atoms with Gasteiger partial charge in [0.15, 0.2) is 0 Å². The first-order valence-corrected chi connectivity index (χ1v) is 7.90. The highest BCUT2D eigenvalue weighted by atomic mass is 16.4. The molecule has 4 nitrogen and oxygen atoms in total. The Labute approximate surface area is 126 Å². The topological polar surface area (TPSA) is 51.0 Å². The van der Waals surface area contributed by atoms with Crippen molar-refractivity contribution in [2.45, 2.75) is 51.5 Å². The lowest BCUT2D eigenvalue weighted by atomic mass is 10.1. The minimum atomic E-state index is 0.752. The van der Waals surface area contributed by atoms with Crippen LogP contribution in [0.3, 0.4) is 0 Å². The van der Waals surface area contributed by atoms with Gasteiger partial charge in [0.1, 0.15) is 0 Å². The van der Waals surface area contributed by atoms with E-state index in [1.54, 1.807) is 0 Å². The van der Waals surface area contributed by atoms with Crippen molar-refractivity contribution in [1.82, 2.24) is 15.5 Å². The molecule has 1 aliphatic rings. The monoisotopic (exact) mass is 285 g/mol. The average Bonchev–Trinajstić information content (AvgIpc) is 3.20. The van der Waals surface area contributed by atoms with Crippen molar-refractivity contribution >= 4 is 0 Å². The lowest BCUT2D eigenvalue weighted by molar-refractivity contribution is 0.441. The van der Waals surface area contributed by atoms with Gasteiger partial charge in [0.25, 0.3) is 0 Å². The molecule has 1 fully saturated rings. The molecule has 1 aromatic carbocycles. The van der Waals surface area contributed by atoms with E-state index in [0.29, 0.717) is 0 Å². The molecule has 0 atom stereocenters. The van der Waals surface area contributed by atoms with Crippen molar-refractivity contribution in [3.8, 4) is 0 Å². The summed E-state index contributed by atoms with van der Waals surface area (Å²) < 4.78 is 5.71. The standard InChI is InChI=1S/C17H23N3O/c1-13-4-2-5-14(12-13)7-10-17-20-19-16(21-17)6-3-11-18-15-8-9-15/h2,4-5,12,15,18H,3,6-11H2,1H3. The van der Waals surface area contributed by atoms with Crippen molar-refractivity contribution in [3.63, 3.8) is 0 Å². The molecular formula is C17H23N3O. The van der Waals surface area contributed by atoms with Crippen LogP contribution < -0.4 is 5.32 Å². The van der Waals surface area contributed by atoms with E-state index in [9.17, 15) is 0 Å². The van der Waals surface area contributed by atoms with Gasteiger partial charge in [-0.1, -0.05) is 29.8 Å². The van der Waals surface area contributed by atoms with Crippen LogP contribution >= 0.6 is 0 Å². The summed E-state index contributed by atoms with van der Waals surface area (Å²) in [5.41, 5.74) is 2.62. The fourth-order valence-electron chi connectivity index (χ4n) is 2.44. The number of hydrogen-bond donors (Lipinski definition) is 1. The van der Waals surface area contributed by atoms with Crippen LogP contribution in [-0.2, 0) is 19.3 Å². The number of rotatable bonds is 8. The molecule has 0 unspecified atom stereocenters. The molecule has 0 aliphatic heterocycles. The zero-order valence-corrected chi connectivity index (χ0v) is 12.6. The molecule has 1 heterocycles. The number of benzene rings is 1. The van der Waals surface area contributed by atoms with Crippen molar-refractivity contribution in [3.05, 3.63) is 47.2 Å². The number of nitrogens with one attached hydrogen (secondary N) is 1. The van der Waals surface area contributed by atoms with Crippen molar-refractivity contribution in [2.24, 2.45) is 0 Å². The summed E-state index contributed by atoms with van der Waals surface area (Å²) in [5, 5.41) is 11.8. The third-order valence-corrected chi connectivity index (χ3v) is 3.80. The molecule has 3 rings (SSSR count). The fraction of sp³-hybridized carbons (Fsp3) is 0.529. The zero-order valence-electron chi connectivity index (χ0n) is 12.6. The normalized spacial score (nSPS) is 14.5. The molecule has 1 aliphatic carbocycles. The smallest absolute Gasteiger partial charge is 0.216 e. The summed E-state index contributed by atoms with van der Waals surface area (Å²) >= 11 is 0. The Morgan fingerprint density at radius 2 is 1.95 bits per heavy atom. The molecule has 4 heteroatoms. The number of aryl methyl sites for hydroxylation is 4. The van der Waals surface area contributed by atoms with Crippen LogP contribution in [0.2, 0.25) is 0 Å². The minimum Gasteiger partial charge on any atom is -0.425 e. The summed E-state index contributed by atoms with van der Waals surface area (Å²) in [5.74, 6) is 1.52. The molecule has 0 amide bonds. The maximum absolute atomic E-state index is 5.71. The Morgan fingerprint density at radius 1 is 1.14 bits per heavy atom. The molecule has 0 spiro atoms. The van der Waals surface area contributed by atoms with Gasteiger partial charge in [-0.05, 0) is 44.7 Å². The van der Waals surface area contributed by atoms with E-state index >= 15 is 0 Å². The zero-order chi connectivity index (χ0) is 14.5. The van der Waals surface area contributed by atoms with Gasteiger partial charge in [-0.15, -0.1) is 10.2 Å². The minimum absolute atomic E-state index is 0.752. The third-order valence-electron chi connectivity index (χ3n) is 3.80. The summed E-state index contributed by atoms with van der Waals surface area (Å²) in [6, 6.07) is 9.34. The average molecular weight is 285 g/mol. The Hall–Kier alpha value is -1.68. The Morgan fingerprint density at radius 3 is 2.71 bits per heavy atom. The molecule has 21 heavy (non-hydrogen) atoms. The highest BCUT2D eigenvalue weighted by Crippen LogP contribution is 2.18.